The Morgan fingerprint density at radius 2 is 2.00 bits per heavy atom. The molecule has 0 bridgehead atoms. The number of piperidine rings is 1. The number of aromatic carboxylic acids is 1. The molecule has 0 spiro atoms. The van der Waals surface area contributed by atoms with E-state index in [0.717, 1.165) is 25.9 Å². The minimum Gasteiger partial charge on any atom is -0.478 e. The number of hydrogen-bond acceptors (Lipinski definition) is 4. The summed E-state index contributed by atoms with van der Waals surface area (Å²) in [6, 6.07) is 4.89. The summed E-state index contributed by atoms with van der Waals surface area (Å²) in [6.45, 7) is 5.82. The fourth-order valence-electron chi connectivity index (χ4n) is 3.27. The summed E-state index contributed by atoms with van der Waals surface area (Å²) in [6.07, 6.45) is 1.85. The van der Waals surface area contributed by atoms with E-state index in [1.54, 1.807) is 6.07 Å². The summed E-state index contributed by atoms with van der Waals surface area (Å²) in [5, 5.41) is 12.4. The minimum atomic E-state index is -1.00. The van der Waals surface area contributed by atoms with Crippen molar-refractivity contribution < 1.29 is 14.7 Å². The van der Waals surface area contributed by atoms with Crippen molar-refractivity contribution in [3.8, 4) is 0 Å². The molecule has 2 aromatic rings. The number of carbonyl (C=O) groups is 2. The molecule has 1 saturated heterocycles. The van der Waals surface area contributed by atoms with E-state index in [1.165, 1.54) is 12.1 Å². The van der Waals surface area contributed by atoms with Gasteiger partial charge in [0.25, 0.3) is 5.91 Å². The van der Waals surface area contributed by atoms with Gasteiger partial charge in [-0.3, -0.25) is 4.79 Å². The van der Waals surface area contributed by atoms with E-state index in [2.05, 4.69) is 15.3 Å². The third kappa shape index (κ3) is 3.12. The average Bonchev–Trinajstić information content (AvgIpc) is 2.98. The van der Waals surface area contributed by atoms with Crippen molar-refractivity contribution in [3.05, 3.63) is 29.6 Å². The summed E-state index contributed by atoms with van der Waals surface area (Å²) in [4.78, 5) is 33.3. The molecule has 1 aliphatic rings. The molecule has 7 heteroatoms. The van der Waals surface area contributed by atoms with Crippen molar-refractivity contribution >= 4 is 22.9 Å². The van der Waals surface area contributed by atoms with Crippen molar-refractivity contribution in [2.45, 2.75) is 38.8 Å². The summed E-state index contributed by atoms with van der Waals surface area (Å²) in [5.74, 6) is -0.873. The number of hydrogen-bond donors (Lipinski definition) is 3. The van der Waals surface area contributed by atoms with Gasteiger partial charge in [-0.05, 0) is 58.0 Å². The highest BCUT2D eigenvalue weighted by molar-refractivity contribution is 5.97. The van der Waals surface area contributed by atoms with Gasteiger partial charge in [-0.2, -0.15) is 0 Å². The molecule has 1 fully saturated rings. The number of carboxylic acids is 1. The maximum atomic E-state index is 13.0. The molecule has 2 heterocycles. The van der Waals surface area contributed by atoms with E-state index in [0.29, 0.717) is 11.0 Å². The van der Waals surface area contributed by atoms with Crippen molar-refractivity contribution in [2.24, 2.45) is 0 Å². The molecule has 0 unspecified atom stereocenters. The van der Waals surface area contributed by atoms with Crippen LogP contribution in [0.5, 0.6) is 0 Å². The number of fused-ring (bicyclic) bond motifs is 1. The molecule has 1 aliphatic heterocycles. The van der Waals surface area contributed by atoms with Crippen molar-refractivity contribution in [3.63, 3.8) is 0 Å². The van der Waals surface area contributed by atoms with E-state index in [4.69, 9.17) is 5.11 Å². The first-order valence-electron chi connectivity index (χ1n) is 8.24. The molecule has 128 valence electrons. The molecular formula is C17H22N4O3. The number of nitrogens with zero attached hydrogens (tertiary/aromatic N) is 2. The second kappa shape index (κ2) is 6.60. The van der Waals surface area contributed by atoms with Crippen LogP contribution in [0.25, 0.3) is 11.0 Å². The Bertz CT molecular complexity index is 762. The quantitative estimate of drug-likeness (QED) is 0.795. The smallest absolute Gasteiger partial charge is 0.335 e. The maximum absolute atomic E-state index is 13.0. The average molecular weight is 330 g/mol. The van der Waals surface area contributed by atoms with Crippen LogP contribution < -0.4 is 5.32 Å². The van der Waals surface area contributed by atoms with Crippen LogP contribution in [-0.2, 0) is 0 Å². The molecular weight excluding hydrogens is 308 g/mol. The highest BCUT2D eigenvalue weighted by Gasteiger charge is 2.30. The number of H-pyrrole nitrogens is 1. The topological polar surface area (TPSA) is 98.3 Å². The van der Waals surface area contributed by atoms with Crippen LogP contribution in [0, 0.1) is 0 Å². The van der Waals surface area contributed by atoms with Crippen LogP contribution in [-0.4, -0.2) is 57.0 Å². The summed E-state index contributed by atoms with van der Waals surface area (Å²) < 4.78 is 0. The second-order valence-electron chi connectivity index (χ2n) is 6.41. The molecule has 7 nitrogen and oxygen atoms in total. The van der Waals surface area contributed by atoms with Gasteiger partial charge in [0.05, 0.1) is 16.6 Å². The Morgan fingerprint density at radius 3 is 2.62 bits per heavy atom. The molecule has 0 atom stereocenters. The largest absolute Gasteiger partial charge is 0.478 e. The number of nitrogens with one attached hydrogen (secondary N) is 2. The minimum absolute atomic E-state index is 0.0726. The van der Waals surface area contributed by atoms with Gasteiger partial charge in [0.15, 0.2) is 5.82 Å². The van der Waals surface area contributed by atoms with Crippen LogP contribution in [0.3, 0.4) is 0 Å². The predicted octanol–water partition coefficient (Wildman–Crippen LogP) is 1.86. The van der Waals surface area contributed by atoms with Crippen LogP contribution in [0.15, 0.2) is 18.2 Å². The van der Waals surface area contributed by atoms with E-state index in [9.17, 15) is 9.59 Å². The number of aromatic nitrogens is 2. The maximum Gasteiger partial charge on any atom is 0.335 e. The zero-order valence-electron chi connectivity index (χ0n) is 13.9. The zero-order chi connectivity index (χ0) is 17.3. The molecule has 3 N–H and O–H groups in total. The van der Waals surface area contributed by atoms with Crippen LogP contribution >= 0.6 is 0 Å². The van der Waals surface area contributed by atoms with E-state index in [-0.39, 0.29) is 29.4 Å². The summed E-state index contributed by atoms with van der Waals surface area (Å²) in [7, 11) is 0. The molecule has 0 aliphatic carbocycles. The van der Waals surface area contributed by atoms with Crippen molar-refractivity contribution in [1.82, 2.24) is 20.2 Å². The normalized spacial score (nSPS) is 15.8. The summed E-state index contributed by atoms with van der Waals surface area (Å²) >= 11 is 0. The standard InChI is InChI=1S/C17H22N4O3/c1-10(2)21(12-5-7-18-8-6-12)16(22)15-19-13-4-3-11(17(23)24)9-14(13)20-15/h3-4,9-10,12,18H,5-8H2,1-2H3,(H,19,20)(H,23,24). The van der Waals surface area contributed by atoms with Gasteiger partial charge in [0.1, 0.15) is 0 Å². The highest BCUT2D eigenvalue weighted by Crippen LogP contribution is 2.20. The number of amides is 1. The Morgan fingerprint density at radius 1 is 1.29 bits per heavy atom. The number of imidazole rings is 1. The fraction of sp³-hybridized carbons (Fsp3) is 0.471. The Labute approximate surface area is 140 Å². The SMILES string of the molecule is CC(C)N(C(=O)c1nc2ccc(C(=O)O)cc2[nH]1)C1CCNCC1. The lowest BCUT2D eigenvalue weighted by Gasteiger charge is -2.37. The van der Waals surface area contributed by atoms with Gasteiger partial charge in [0.2, 0.25) is 0 Å². The molecule has 0 saturated carbocycles. The molecule has 1 amide bonds. The van der Waals surface area contributed by atoms with Crippen LogP contribution in [0.1, 0.15) is 47.7 Å². The van der Waals surface area contributed by atoms with Crippen LogP contribution in [0.4, 0.5) is 0 Å². The van der Waals surface area contributed by atoms with Gasteiger partial charge in [0, 0.05) is 12.1 Å². The highest BCUT2D eigenvalue weighted by atomic mass is 16.4. The van der Waals surface area contributed by atoms with Gasteiger partial charge in [-0.15, -0.1) is 0 Å². The van der Waals surface area contributed by atoms with Gasteiger partial charge in [-0.1, -0.05) is 0 Å². The number of aromatic amines is 1. The summed E-state index contributed by atoms with van der Waals surface area (Å²) in [5.41, 5.74) is 1.33. The van der Waals surface area contributed by atoms with E-state index in [1.807, 2.05) is 18.7 Å². The van der Waals surface area contributed by atoms with Crippen molar-refractivity contribution in [2.75, 3.05) is 13.1 Å². The first-order chi connectivity index (χ1) is 11.5. The second-order valence-corrected chi connectivity index (χ2v) is 6.41. The first kappa shape index (κ1) is 16.4. The Hall–Kier alpha value is -2.41. The molecule has 24 heavy (non-hydrogen) atoms. The predicted molar refractivity (Wildman–Crippen MR) is 90.3 cm³/mol. The van der Waals surface area contributed by atoms with E-state index >= 15 is 0 Å². The van der Waals surface area contributed by atoms with Gasteiger partial charge in [-0.25, -0.2) is 9.78 Å². The Kier molecular flexibility index (Phi) is 4.53. The van der Waals surface area contributed by atoms with E-state index < -0.39 is 5.97 Å². The fourth-order valence-corrected chi connectivity index (χ4v) is 3.27. The lowest BCUT2D eigenvalue weighted by atomic mass is 10.0. The number of rotatable bonds is 4. The number of benzene rings is 1. The van der Waals surface area contributed by atoms with Gasteiger partial charge < -0.3 is 20.3 Å². The molecule has 3 rings (SSSR count). The zero-order valence-corrected chi connectivity index (χ0v) is 13.9. The number of carboxylic acid groups (broad SMARTS) is 1. The molecule has 0 radical (unpaired) electrons. The number of carbonyl (C=O) groups excluding carboxylic acids is 1. The Balaban J connectivity index is 1.91. The third-order valence-electron chi connectivity index (χ3n) is 4.42. The monoisotopic (exact) mass is 330 g/mol. The third-order valence-corrected chi connectivity index (χ3v) is 4.42. The molecule has 1 aromatic carbocycles. The molecule has 1 aromatic heterocycles. The van der Waals surface area contributed by atoms with Crippen LogP contribution in [0.2, 0.25) is 0 Å². The van der Waals surface area contributed by atoms with Crippen molar-refractivity contribution in [1.29, 1.82) is 0 Å². The van der Waals surface area contributed by atoms with Gasteiger partial charge >= 0.3 is 5.97 Å². The lowest BCUT2D eigenvalue weighted by molar-refractivity contribution is 0.0554. The lowest BCUT2D eigenvalue weighted by Crippen LogP contribution is -2.49. The first-order valence-corrected chi connectivity index (χ1v) is 8.24.